The first-order valence-corrected chi connectivity index (χ1v) is 6.90. The molecule has 2 rings (SSSR count). The van der Waals surface area contributed by atoms with Crippen LogP contribution in [0.2, 0.25) is 10.0 Å². The average Bonchev–Trinajstić information content (AvgIpc) is 2.71. The summed E-state index contributed by atoms with van der Waals surface area (Å²) in [4.78, 5) is 11.0. The number of nitrogens with zero attached hydrogens (tertiary/aromatic N) is 2. The Labute approximate surface area is 127 Å². The maximum absolute atomic E-state index is 11.0. The van der Waals surface area contributed by atoms with Gasteiger partial charge in [-0.2, -0.15) is 5.10 Å². The predicted octanol–water partition coefficient (Wildman–Crippen LogP) is 3.68. The van der Waals surface area contributed by atoms with Crippen LogP contribution in [-0.4, -0.2) is 16.1 Å². The van der Waals surface area contributed by atoms with Gasteiger partial charge >= 0.3 is 0 Å². The molecule has 0 aliphatic rings. The molecule has 0 atom stereocenters. The Morgan fingerprint density at radius 3 is 2.75 bits per heavy atom. The van der Waals surface area contributed by atoms with Crippen molar-refractivity contribution >= 4 is 29.5 Å². The van der Waals surface area contributed by atoms with Crippen LogP contribution >= 0.6 is 23.2 Å². The molecule has 0 N–H and O–H groups in total. The minimum absolute atomic E-state index is 0.226. The number of aldehydes is 1. The molecule has 0 saturated carbocycles. The van der Waals surface area contributed by atoms with E-state index in [1.54, 1.807) is 22.9 Å². The van der Waals surface area contributed by atoms with Gasteiger partial charge in [-0.15, -0.1) is 0 Å². The van der Waals surface area contributed by atoms with Crippen molar-refractivity contribution in [2.45, 2.75) is 20.0 Å². The Balaban J connectivity index is 2.23. The summed E-state index contributed by atoms with van der Waals surface area (Å²) in [7, 11) is 1.81. The van der Waals surface area contributed by atoms with Gasteiger partial charge in [0.2, 0.25) is 0 Å². The molecule has 0 amide bonds. The number of hydrogen-bond acceptors (Lipinski definition) is 3. The van der Waals surface area contributed by atoms with Gasteiger partial charge in [-0.05, 0) is 18.6 Å². The van der Waals surface area contributed by atoms with Gasteiger partial charge in [0, 0.05) is 7.05 Å². The summed E-state index contributed by atoms with van der Waals surface area (Å²) in [5, 5.41) is 5.28. The number of aromatic nitrogens is 2. The summed E-state index contributed by atoms with van der Waals surface area (Å²) in [6.07, 6.45) is 1.43. The first kappa shape index (κ1) is 14.9. The van der Waals surface area contributed by atoms with Crippen molar-refractivity contribution in [2.75, 3.05) is 0 Å². The van der Waals surface area contributed by atoms with E-state index in [9.17, 15) is 4.79 Å². The molecule has 0 radical (unpaired) electrons. The molecule has 2 aromatic rings. The summed E-state index contributed by atoms with van der Waals surface area (Å²) >= 11 is 12.2. The third-order valence-corrected chi connectivity index (χ3v) is 3.76. The lowest BCUT2D eigenvalue weighted by Crippen LogP contribution is -2.05. The molecule has 0 spiro atoms. The first-order chi connectivity index (χ1) is 9.58. The van der Waals surface area contributed by atoms with Crippen molar-refractivity contribution in [3.05, 3.63) is 45.2 Å². The van der Waals surface area contributed by atoms with Gasteiger partial charge in [0.1, 0.15) is 12.4 Å². The molecule has 0 aliphatic heterocycles. The van der Waals surface area contributed by atoms with Crippen molar-refractivity contribution in [3.8, 4) is 5.75 Å². The average molecular weight is 313 g/mol. The fourth-order valence-corrected chi connectivity index (χ4v) is 2.44. The zero-order valence-electron chi connectivity index (χ0n) is 11.2. The third-order valence-electron chi connectivity index (χ3n) is 3.00. The van der Waals surface area contributed by atoms with Crippen LogP contribution in [0.1, 0.15) is 28.7 Å². The first-order valence-electron chi connectivity index (χ1n) is 6.15. The van der Waals surface area contributed by atoms with E-state index in [0.29, 0.717) is 27.6 Å². The molecule has 0 aliphatic carbocycles. The maximum Gasteiger partial charge on any atom is 0.155 e. The van der Waals surface area contributed by atoms with Gasteiger partial charge in [0.05, 0.1) is 27.0 Å². The van der Waals surface area contributed by atoms with Crippen LogP contribution in [0.5, 0.6) is 5.75 Å². The number of aryl methyl sites for hydroxylation is 2. The molecule has 106 valence electrons. The molecule has 6 heteroatoms. The highest BCUT2D eigenvalue weighted by atomic mass is 35.5. The molecule has 0 fully saturated rings. The molecule has 1 aromatic heterocycles. The summed E-state index contributed by atoms with van der Waals surface area (Å²) in [6.45, 7) is 2.21. The van der Waals surface area contributed by atoms with Crippen LogP contribution in [-0.2, 0) is 20.1 Å². The van der Waals surface area contributed by atoms with Gasteiger partial charge in [0.15, 0.2) is 6.29 Å². The summed E-state index contributed by atoms with van der Waals surface area (Å²) in [5.41, 5.74) is 1.93. The number of ether oxygens (including phenoxy) is 1. The fraction of sp³-hybridized carbons (Fsp3) is 0.286. The van der Waals surface area contributed by atoms with Gasteiger partial charge < -0.3 is 4.74 Å². The van der Waals surface area contributed by atoms with Crippen molar-refractivity contribution in [2.24, 2.45) is 7.05 Å². The van der Waals surface area contributed by atoms with E-state index in [2.05, 4.69) is 5.10 Å². The zero-order valence-corrected chi connectivity index (χ0v) is 12.7. The number of carbonyl (C=O) groups is 1. The lowest BCUT2D eigenvalue weighted by molar-refractivity contribution is 0.111. The van der Waals surface area contributed by atoms with E-state index in [1.807, 2.05) is 14.0 Å². The van der Waals surface area contributed by atoms with E-state index in [0.717, 1.165) is 17.8 Å². The summed E-state index contributed by atoms with van der Waals surface area (Å²) in [6, 6.07) is 5.07. The molecule has 20 heavy (non-hydrogen) atoms. The van der Waals surface area contributed by atoms with Crippen molar-refractivity contribution in [3.63, 3.8) is 0 Å². The maximum atomic E-state index is 11.0. The molecule has 0 saturated heterocycles. The highest BCUT2D eigenvalue weighted by molar-refractivity contribution is 6.33. The molecule has 0 bridgehead atoms. The van der Waals surface area contributed by atoms with Gasteiger partial charge in [0.25, 0.3) is 0 Å². The molecule has 0 unspecified atom stereocenters. The van der Waals surface area contributed by atoms with Crippen LogP contribution < -0.4 is 4.74 Å². The van der Waals surface area contributed by atoms with E-state index >= 15 is 0 Å². The van der Waals surface area contributed by atoms with Crippen molar-refractivity contribution in [1.82, 2.24) is 9.78 Å². The van der Waals surface area contributed by atoms with E-state index in [4.69, 9.17) is 27.9 Å². The number of benzene rings is 1. The monoisotopic (exact) mass is 312 g/mol. The Morgan fingerprint density at radius 2 is 2.15 bits per heavy atom. The predicted molar refractivity (Wildman–Crippen MR) is 78.8 cm³/mol. The zero-order chi connectivity index (χ0) is 14.7. The lowest BCUT2D eigenvalue weighted by atomic mass is 10.2. The summed E-state index contributed by atoms with van der Waals surface area (Å²) < 4.78 is 7.34. The SMILES string of the molecule is CCc1nn(C)c(COc2cccc(Cl)c2C=O)c1Cl. The molecule has 1 heterocycles. The summed E-state index contributed by atoms with van der Waals surface area (Å²) in [5.74, 6) is 0.433. The number of hydrogen-bond donors (Lipinski definition) is 0. The van der Waals surface area contributed by atoms with Crippen LogP contribution in [0.4, 0.5) is 0 Å². The molecule has 4 nitrogen and oxygen atoms in total. The largest absolute Gasteiger partial charge is 0.486 e. The standard InChI is InChI=1S/C14H14Cl2N2O2/c1-3-11-14(16)12(18(2)17-11)8-20-13-6-4-5-10(15)9(13)7-19/h4-7H,3,8H2,1-2H3. The smallest absolute Gasteiger partial charge is 0.155 e. The Hall–Kier alpha value is -1.52. The van der Waals surface area contributed by atoms with E-state index in [1.165, 1.54) is 0 Å². The van der Waals surface area contributed by atoms with Gasteiger partial charge in [-0.25, -0.2) is 0 Å². The number of rotatable bonds is 5. The molecular weight excluding hydrogens is 299 g/mol. The quantitative estimate of drug-likeness (QED) is 0.791. The van der Waals surface area contributed by atoms with E-state index < -0.39 is 0 Å². The highest BCUT2D eigenvalue weighted by Crippen LogP contribution is 2.27. The van der Waals surface area contributed by atoms with Crippen molar-refractivity contribution < 1.29 is 9.53 Å². The Bertz CT molecular complexity index is 638. The minimum atomic E-state index is 0.226. The highest BCUT2D eigenvalue weighted by Gasteiger charge is 2.14. The second kappa shape index (κ2) is 6.29. The normalized spacial score (nSPS) is 10.6. The van der Waals surface area contributed by atoms with Crippen LogP contribution in [0, 0.1) is 0 Å². The molecule has 1 aromatic carbocycles. The Kier molecular flexibility index (Phi) is 4.68. The lowest BCUT2D eigenvalue weighted by Gasteiger charge is -2.09. The minimum Gasteiger partial charge on any atom is -0.486 e. The van der Waals surface area contributed by atoms with Crippen molar-refractivity contribution in [1.29, 1.82) is 0 Å². The Morgan fingerprint density at radius 1 is 1.40 bits per heavy atom. The van der Waals surface area contributed by atoms with Crippen LogP contribution in [0.3, 0.4) is 0 Å². The third kappa shape index (κ3) is 2.81. The van der Waals surface area contributed by atoms with Crippen LogP contribution in [0.15, 0.2) is 18.2 Å². The topological polar surface area (TPSA) is 44.1 Å². The second-order valence-corrected chi connectivity index (χ2v) is 5.03. The van der Waals surface area contributed by atoms with Gasteiger partial charge in [-0.1, -0.05) is 36.2 Å². The number of carbonyl (C=O) groups excluding carboxylic acids is 1. The second-order valence-electron chi connectivity index (χ2n) is 4.24. The van der Waals surface area contributed by atoms with Crippen LogP contribution in [0.25, 0.3) is 0 Å². The number of halogens is 2. The van der Waals surface area contributed by atoms with E-state index in [-0.39, 0.29) is 6.61 Å². The van der Waals surface area contributed by atoms with Gasteiger partial charge in [-0.3, -0.25) is 9.48 Å². The fourth-order valence-electron chi connectivity index (χ4n) is 1.88. The molecular formula is C14H14Cl2N2O2.